The van der Waals surface area contributed by atoms with Crippen LogP contribution in [0.3, 0.4) is 0 Å². The molecule has 140 valence electrons. The maximum atomic E-state index is 12.7. The quantitative estimate of drug-likeness (QED) is 0.578. The van der Waals surface area contributed by atoms with E-state index in [1.165, 1.54) is 41.7 Å². The van der Waals surface area contributed by atoms with Crippen LogP contribution in [-0.4, -0.2) is 14.3 Å². The Bertz CT molecular complexity index is 1050. The van der Waals surface area contributed by atoms with Gasteiger partial charge in [0.1, 0.15) is 4.90 Å². The Morgan fingerprint density at radius 3 is 2.44 bits per heavy atom. The van der Waals surface area contributed by atoms with Gasteiger partial charge in [-0.15, -0.1) is 11.3 Å². The molecule has 2 N–H and O–H groups in total. The lowest BCUT2D eigenvalue weighted by atomic mass is 10.2. The molecular formula is C18H14Cl2N2O3S2. The smallest absolute Gasteiger partial charge is 0.263 e. The van der Waals surface area contributed by atoms with Crippen LogP contribution in [0.15, 0.2) is 64.9 Å². The van der Waals surface area contributed by atoms with Crippen LogP contribution in [0.4, 0.5) is 5.69 Å². The molecule has 3 rings (SSSR count). The third-order valence-corrected chi connectivity index (χ3v) is 6.57. The number of amides is 1. The summed E-state index contributed by atoms with van der Waals surface area (Å²) in [5.41, 5.74) is 0.537. The van der Waals surface area contributed by atoms with E-state index in [-0.39, 0.29) is 21.4 Å². The van der Waals surface area contributed by atoms with E-state index in [0.717, 1.165) is 4.88 Å². The summed E-state index contributed by atoms with van der Waals surface area (Å²) in [7, 11) is -3.97. The number of carbonyl (C=O) groups is 1. The molecule has 5 nitrogen and oxygen atoms in total. The fourth-order valence-electron chi connectivity index (χ4n) is 2.26. The van der Waals surface area contributed by atoms with Gasteiger partial charge in [0.05, 0.1) is 11.6 Å². The topological polar surface area (TPSA) is 75.3 Å². The van der Waals surface area contributed by atoms with Crippen molar-refractivity contribution in [1.82, 2.24) is 5.32 Å². The molecule has 0 bridgehead atoms. The monoisotopic (exact) mass is 440 g/mol. The van der Waals surface area contributed by atoms with Crippen molar-refractivity contribution < 1.29 is 13.2 Å². The van der Waals surface area contributed by atoms with Crippen LogP contribution in [0.2, 0.25) is 10.0 Å². The molecule has 0 aliphatic rings. The fraction of sp³-hybridized carbons (Fsp3) is 0.0556. The lowest BCUT2D eigenvalue weighted by molar-refractivity contribution is 0.0951. The van der Waals surface area contributed by atoms with Gasteiger partial charge in [-0.05, 0) is 53.9 Å². The number of anilines is 1. The Kier molecular flexibility index (Phi) is 6.06. The minimum Gasteiger partial charge on any atom is -0.347 e. The van der Waals surface area contributed by atoms with Crippen LogP contribution in [0, 0.1) is 0 Å². The molecule has 0 saturated heterocycles. The van der Waals surface area contributed by atoms with Gasteiger partial charge in [-0.1, -0.05) is 29.3 Å². The second-order valence-electron chi connectivity index (χ2n) is 5.52. The third-order valence-electron chi connectivity index (χ3n) is 3.58. The predicted molar refractivity (Wildman–Crippen MR) is 109 cm³/mol. The summed E-state index contributed by atoms with van der Waals surface area (Å²) >= 11 is 13.4. The number of hydrogen-bond acceptors (Lipinski definition) is 4. The van der Waals surface area contributed by atoms with Crippen molar-refractivity contribution in [3.63, 3.8) is 0 Å². The number of halogens is 2. The average Bonchev–Trinajstić information content (AvgIpc) is 3.15. The molecule has 1 heterocycles. The summed E-state index contributed by atoms with van der Waals surface area (Å²) in [5.74, 6) is -0.386. The van der Waals surface area contributed by atoms with Gasteiger partial charge < -0.3 is 5.32 Å². The van der Waals surface area contributed by atoms with Crippen LogP contribution in [0.1, 0.15) is 15.2 Å². The first-order chi connectivity index (χ1) is 12.8. The van der Waals surface area contributed by atoms with E-state index in [4.69, 9.17) is 23.2 Å². The zero-order valence-corrected chi connectivity index (χ0v) is 16.9. The van der Waals surface area contributed by atoms with Gasteiger partial charge in [0.15, 0.2) is 0 Å². The van der Waals surface area contributed by atoms with Gasteiger partial charge in [0.2, 0.25) is 0 Å². The largest absolute Gasteiger partial charge is 0.347 e. The summed E-state index contributed by atoms with van der Waals surface area (Å²) in [6, 6.07) is 14.1. The highest BCUT2D eigenvalue weighted by Gasteiger charge is 2.20. The Hall–Kier alpha value is -2.06. The Labute approximate surface area is 171 Å². The van der Waals surface area contributed by atoms with Crippen LogP contribution < -0.4 is 10.0 Å². The summed E-state index contributed by atoms with van der Waals surface area (Å²) < 4.78 is 27.8. The highest BCUT2D eigenvalue weighted by molar-refractivity contribution is 7.92. The zero-order chi connectivity index (χ0) is 19.4. The fourth-order valence-corrected chi connectivity index (χ4v) is 4.62. The zero-order valence-electron chi connectivity index (χ0n) is 13.8. The molecule has 3 aromatic rings. The first-order valence-electron chi connectivity index (χ1n) is 7.74. The van der Waals surface area contributed by atoms with Crippen LogP contribution in [-0.2, 0) is 16.6 Å². The van der Waals surface area contributed by atoms with E-state index < -0.39 is 10.0 Å². The highest BCUT2D eigenvalue weighted by atomic mass is 35.5. The van der Waals surface area contributed by atoms with Crippen molar-refractivity contribution in [2.24, 2.45) is 0 Å². The maximum absolute atomic E-state index is 12.7. The standard InChI is InChI=1S/C18H14Cl2N2O3S2/c19-13-4-6-14(7-5-13)22-27(24,25)17-10-12(3-8-16(17)20)18(23)21-11-15-2-1-9-26-15/h1-10,22H,11H2,(H,21,23). The summed E-state index contributed by atoms with van der Waals surface area (Å²) in [6.07, 6.45) is 0. The van der Waals surface area contributed by atoms with E-state index in [0.29, 0.717) is 17.3 Å². The lowest BCUT2D eigenvalue weighted by Crippen LogP contribution is -2.23. The molecule has 0 spiro atoms. The van der Waals surface area contributed by atoms with Crippen LogP contribution >= 0.6 is 34.5 Å². The molecule has 0 aliphatic heterocycles. The van der Waals surface area contributed by atoms with E-state index in [1.807, 2.05) is 17.5 Å². The van der Waals surface area contributed by atoms with E-state index in [1.54, 1.807) is 12.1 Å². The summed E-state index contributed by atoms with van der Waals surface area (Å²) in [5, 5.41) is 5.17. The molecule has 0 saturated carbocycles. The lowest BCUT2D eigenvalue weighted by Gasteiger charge is -2.11. The Morgan fingerprint density at radius 2 is 1.78 bits per heavy atom. The highest BCUT2D eigenvalue weighted by Crippen LogP contribution is 2.25. The van der Waals surface area contributed by atoms with Crippen molar-refractivity contribution >= 4 is 56.2 Å². The molecule has 2 aromatic carbocycles. The molecule has 1 aromatic heterocycles. The van der Waals surface area contributed by atoms with Crippen LogP contribution in [0.5, 0.6) is 0 Å². The van der Waals surface area contributed by atoms with Crippen LogP contribution in [0.25, 0.3) is 0 Å². The van der Waals surface area contributed by atoms with Gasteiger partial charge in [-0.25, -0.2) is 8.42 Å². The van der Waals surface area contributed by atoms with E-state index >= 15 is 0 Å². The minimum absolute atomic E-state index is 0.0197. The third kappa shape index (κ3) is 5.01. The number of carbonyl (C=O) groups excluding carboxylic acids is 1. The predicted octanol–water partition coefficient (Wildman–Crippen LogP) is 4.79. The average molecular weight is 441 g/mol. The van der Waals surface area contributed by atoms with Crippen molar-refractivity contribution in [2.45, 2.75) is 11.4 Å². The van der Waals surface area contributed by atoms with Crippen molar-refractivity contribution in [1.29, 1.82) is 0 Å². The normalized spacial score (nSPS) is 11.2. The molecule has 0 fully saturated rings. The molecule has 27 heavy (non-hydrogen) atoms. The number of thiophene rings is 1. The van der Waals surface area contributed by atoms with E-state index in [2.05, 4.69) is 10.0 Å². The molecular weight excluding hydrogens is 427 g/mol. The first-order valence-corrected chi connectivity index (χ1v) is 10.9. The maximum Gasteiger partial charge on any atom is 0.263 e. The van der Waals surface area contributed by atoms with E-state index in [9.17, 15) is 13.2 Å². The number of nitrogens with one attached hydrogen (secondary N) is 2. The summed E-state index contributed by atoms with van der Waals surface area (Å²) in [6.45, 7) is 0.365. The van der Waals surface area contributed by atoms with Gasteiger partial charge in [0, 0.05) is 21.2 Å². The molecule has 0 unspecified atom stereocenters. The second-order valence-corrected chi connectivity index (χ2v) is 9.05. The molecule has 0 radical (unpaired) electrons. The minimum atomic E-state index is -3.97. The Balaban J connectivity index is 1.81. The summed E-state index contributed by atoms with van der Waals surface area (Å²) in [4.78, 5) is 13.2. The number of benzene rings is 2. The van der Waals surface area contributed by atoms with Crippen molar-refractivity contribution in [3.05, 3.63) is 80.5 Å². The number of hydrogen-bond donors (Lipinski definition) is 2. The molecule has 0 atom stereocenters. The van der Waals surface area contributed by atoms with Gasteiger partial charge in [0.25, 0.3) is 15.9 Å². The van der Waals surface area contributed by atoms with Crippen molar-refractivity contribution in [3.8, 4) is 0 Å². The Morgan fingerprint density at radius 1 is 1.04 bits per heavy atom. The SMILES string of the molecule is O=C(NCc1cccs1)c1ccc(Cl)c(S(=O)(=O)Nc2ccc(Cl)cc2)c1. The molecule has 9 heteroatoms. The van der Waals surface area contributed by atoms with Gasteiger partial charge in [-0.2, -0.15) is 0 Å². The van der Waals surface area contributed by atoms with Gasteiger partial charge >= 0.3 is 0 Å². The number of rotatable bonds is 6. The second kappa shape index (κ2) is 8.31. The molecule has 0 aliphatic carbocycles. The van der Waals surface area contributed by atoms with Crippen molar-refractivity contribution in [2.75, 3.05) is 4.72 Å². The van der Waals surface area contributed by atoms with Gasteiger partial charge in [-0.3, -0.25) is 9.52 Å². The first kappa shape index (κ1) is 19.7. The molecule has 1 amide bonds. The number of sulfonamides is 1.